The Kier molecular flexibility index (Phi) is 6.10. The summed E-state index contributed by atoms with van der Waals surface area (Å²) in [6, 6.07) is 27.8. The van der Waals surface area contributed by atoms with Gasteiger partial charge in [-0.1, -0.05) is 59.7 Å². The molecule has 0 spiro atoms. The summed E-state index contributed by atoms with van der Waals surface area (Å²) in [6.45, 7) is 4.15. The maximum absolute atomic E-state index is 12.9. The summed E-state index contributed by atoms with van der Waals surface area (Å²) in [5.41, 5.74) is 5.84. The first-order chi connectivity index (χ1) is 20.0. The quantitative estimate of drug-likeness (QED) is 0.224. The Morgan fingerprint density at radius 3 is 1.90 bits per heavy atom. The minimum Gasteiger partial charge on any atom is -0.302 e. The lowest BCUT2D eigenvalue weighted by Crippen LogP contribution is -2.31. The summed E-state index contributed by atoms with van der Waals surface area (Å²) in [5, 5.41) is 1.63. The average Bonchev–Trinajstić information content (AvgIpc) is 3.73. The molecule has 9 heteroatoms. The predicted octanol–water partition coefficient (Wildman–Crippen LogP) is 6.88. The molecule has 0 N–H and O–H groups in total. The summed E-state index contributed by atoms with van der Waals surface area (Å²) < 4.78 is 8.97. The average molecular weight is 572 g/mol. The van der Waals surface area contributed by atoms with Crippen LogP contribution >= 0.6 is 23.1 Å². The number of pyridine rings is 1. The molecule has 7 rings (SSSR count). The van der Waals surface area contributed by atoms with Gasteiger partial charge in [0.05, 0.1) is 22.8 Å². The molecule has 0 saturated carbocycles. The van der Waals surface area contributed by atoms with E-state index in [1.807, 2.05) is 6.07 Å². The summed E-state index contributed by atoms with van der Waals surface area (Å²) in [5.74, 6) is 0. The Hall–Kier alpha value is -4.86. The minimum absolute atomic E-state index is 0.125. The van der Waals surface area contributed by atoms with Gasteiger partial charge in [-0.25, -0.2) is 4.99 Å². The molecule has 198 valence electrons. The first kappa shape index (κ1) is 25.1. The van der Waals surface area contributed by atoms with E-state index in [4.69, 9.17) is 4.98 Å². The highest BCUT2D eigenvalue weighted by Gasteiger charge is 2.20. The van der Waals surface area contributed by atoms with Crippen molar-refractivity contribution < 1.29 is 0 Å². The highest BCUT2D eigenvalue weighted by molar-refractivity contribution is 7.19. The number of aryl methyl sites for hydroxylation is 2. The number of hydrogen-bond donors (Lipinski definition) is 0. The number of hydrogen-bond acceptors (Lipinski definition) is 9. The van der Waals surface area contributed by atoms with Crippen LogP contribution in [0.3, 0.4) is 0 Å². The van der Waals surface area contributed by atoms with Crippen molar-refractivity contribution in [3.05, 3.63) is 128 Å². The molecule has 0 saturated heterocycles. The molecule has 0 aliphatic heterocycles. The van der Waals surface area contributed by atoms with Gasteiger partial charge in [-0.05, 0) is 50.2 Å². The zero-order chi connectivity index (χ0) is 28.1. The summed E-state index contributed by atoms with van der Waals surface area (Å²) in [6.07, 6.45) is 1.56. The Bertz CT molecular complexity index is 2130. The second kappa shape index (κ2) is 9.96. The van der Waals surface area contributed by atoms with E-state index in [1.165, 1.54) is 11.1 Å². The van der Waals surface area contributed by atoms with E-state index in [9.17, 15) is 9.59 Å². The molecular formula is C32H21N5O2S2. The van der Waals surface area contributed by atoms with Crippen molar-refractivity contribution in [1.82, 2.24) is 13.7 Å². The SMILES string of the molecule is Cc1ccc(N(c2ccc(C)cc2)c2ccc(-c3ncc(N=c4c(=O)c5ccccc5c4=O)c4nsnc34)s2)cc1. The normalized spacial score (nSPS) is 11.4. The molecule has 41 heavy (non-hydrogen) atoms. The van der Waals surface area contributed by atoms with Gasteiger partial charge in [-0.3, -0.25) is 14.6 Å². The molecule has 0 amide bonds. The monoisotopic (exact) mass is 571 g/mol. The molecule has 3 aromatic heterocycles. The molecule has 0 atom stereocenters. The first-order valence-electron chi connectivity index (χ1n) is 12.9. The van der Waals surface area contributed by atoms with Crippen LogP contribution in [-0.2, 0) is 0 Å². The van der Waals surface area contributed by atoms with Gasteiger partial charge in [0.15, 0.2) is 5.36 Å². The van der Waals surface area contributed by atoms with E-state index in [2.05, 4.69) is 87.1 Å². The van der Waals surface area contributed by atoms with Crippen LogP contribution in [0, 0.1) is 13.8 Å². The second-order valence-electron chi connectivity index (χ2n) is 9.76. The lowest BCUT2D eigenvalue weighted by molar-refractivity contribution is 1.27. The van der Waals surface area contributed by atoms with Crippen molar-refractivity contribution >= 4 is 66.9 Å². The van der Waals surface area contributed by atoms with E-state index in [-0.39, 0.29) is 16.2 Å². The van der Waals surface area contributed by atoms with Gasteiger partial charge in [0, 0.05) is 22.1 Å². The van der Waals surface area contributed by atoms with Crippen LogP contribution in [-0.4, -0.2) is 13.7 Å². The van der Waals surface area contributed by atoms with E-state index < -0.39 is 0 Å². The molecule has 0 bridgehead atoms. The van der Waals surface area contributed by atoms with Gasteiger partial charge in [-0.15, -0.1) is 11.3 Å². The maximum atomic E-state index is 12.9. The van der Waals surface area contributed by atoms with Gasteiger partial charge >= 0.3 is 0 Å². The van der Waals surface area contributed by atoms with Crippen LogP contribution in [0.4, 0.5) is 22.1 Å². The Labute approximate surface area is 242 Å². The lowest BCUT2D eigenvalue weighted by atomic mass is 10.1. The zero-order valence-corrected chi connectivity index (χ0v) is 23.7. The Morgan fingerprint density at radius 1 is 0.707 bits per heavy atom. The van der Waals surface area contributed by atoms with Crippen molar-refractivity contribution in [1.29, 1.82) is 0 Å². The third kappa shape index (κ3) is 4.35. The number of rotatable bonds is 5. The second-order valence-corrected chi connectivity index (χ2v) is 11.4. The number of aromatic nitrogens is 3. The number of benzene rings is 3. The van der Waals surface area contributed by atoms with Crippen molar-refractivity contribution in [2.75, 3.05) is 4.90 Å². The van der Waals surface area contributed by atoms with Crippen molar-refractivity contribution in [2.45, 2.75) is 13.8 Å². The molecule has 0 radical (unpaired) electrons. The molecule has 0 unspecified atom stereocenters. The Balaban J connectivity index is 1.33. The van der Waals surface area contributed by atoms with E-state index >= 15 is 0 Å². The molecule has 0 fully saturated rings. The van der Waals surface area contributed by atoms with Crippen molar-refractivity contribution in [3.63, 3.8) is 0 Å². The third-order valence-corrected chi connectivity index (χ3v) is 8.59. The third-order valence-electron chi connectivity index (χ3n) is 6.98. The topological polar surface area (TPSA) is 88.4 Å². The molecule has 0 aliphatic rings. The van der Waals surface area contributed by atoms with E-state index in [0.29, 0.717) is 33.2 Å². The number of nitrogens with zero attached hydrogens (tertiary/aromatic N) is 5. The summed E-state index contributed by atoms with van der Waals surface area (Å²) in [4.78, 5) is 38.1. The van der Waals surface area contributed by atoms with Crippen molar-refractivity contribution in [3.8, 4) is 10.6 Å². The smallest absolute Gasteiger partial charge is 0.216 e. The minimum atomic E-state index is -0.388. The van der Waals surface area contributed by atoms with Crippen LogP contribution in [0.2, 0.25) is 0 Å². The summed E-state index contributed by atoms with van der Waals surface area (Å²) in [7, 11) is 0. The van der Waals surface area contributed by atoms with Crippen LogP contribution in [0.1, 0.15) is 11.1 Å². The molecule has 3 heterocycles. The fraction of sp³-hybridized carbons (Fsp3) is 0.0625. The lowest BCUT2D eigenvalue weighted by Gasteiger charge is -2.24. The van der Waals surface area contributed by atoms with Gasteiger partial charge in [0.1, 0.15) is 27.4 Å². The van der Waals surface area contributed by atoms with Gasteiger partial charge in [0.25, 0.3) is 0 Å². The van der Waals surface area contributed by atoms with Gasteiger partial charge in [-0.2, -0.15) is 8.75 Å². The Morgan fingerprint density at radius 2 is 1.29 bits per heavy atom. The van der Waals surface area contributed by atoms with Crippen LogP contribution in [0.15, 0.2) is 106 Å². The summed E-state index contributed by atoms with van der Waals surface area (Å²) >= 11 is 2.65. The fourth-order valence-corrected chi connectivity index (χ4v) is 6.45. The molecule has 0 aliphatic carbocycles. The van der Waals surface area contributed by atoms with Crippen molar-refractivity contribution in [2.24, 2.45) is 4.99 Å². The first-order valence-corrected chi connectivity index (χ1v) is 14.4. The number of anilines is 3. The van der Waals surface area contributed by atoms with Crippen LogP contribution in [0.25, 0.3) is 32.4 Å². The zero-order valence-electron chi connectivity index (χ0n) is 22.0. The van der Waals surface area contributed by atoms with E-state index in [0.717, 1.165) is 33.0 Å². The molecule has 7 nitrogen and oxygen atoms in total. The fourth-order valence-electron chi connectivity index (χ4n) is 4.85. The van der Waals surface area contributed by atoms with Gasteiger partial charge < -0.3 is 4.90 Å². The highest BCUT2D eigenvalue weighted by Crippen LogP contribution is 2.43. The largest absolute Gasteiger partial charge is 0.302 e. The molecule has 7 aromatic rings. The van der Waals surface area contributed by atoms with E-state index in [1.54, 1.807) is 41.8 Å². The predicted molar refractivity (Wildman–Crippen MR) is 167 cm³/mol. The molecule has 4 aromatic carbocycles. The number of fused-ring (bicyclic) bond motifs is 2. The van der Waals surface area contributed by atoms with Gasteiger partial charge in [0.2, 0.25) is 10.9 Å². The van der Waals surface area contributed by atoms with Crippen LogP contribution in [0.5, 0.6) is 0 Å². The maximum Gasteiger partial charge on any atom is 0.216 e. The number of thiophene rings is 1. The highest BCUT2D eigenvalue weighted by atomic mass is 32.1. The molecular weight excluding hydrogens is 551 g/mol. The van der Waals surface area contributed by atoms with Crippen LogP contribution < -0.4 is 21.1 Å². The standard InChI is InChI=1S/C32H21N5O2S2/c1-18-7-11-20(12-8-18)37(21-13-9-19(2)10-14-21)26-16-15-25(40-26)28-29-27(35-41-36-29)24(17-33-28)34-30-31(38)22-5-3-4-6-23(22)32(30)39/h3-17H,1-2H3.